The SMILES string of the molecule is CCOc1ccc(-n2c(=O)[nH]cc(C(=O)Nc3ccc(F)c(C(F)(F)F)c3)c2=O)cc1. The second kappa shape index (κ2) is 8.46. The first-order valence-electron chi connectivity index (χ1n) is 8.88. The number of carbonyl (C=O) groups excluding carboxylic acids is 1. The molecular formula is C20H15F4N3O4. The van der Waals surface area contributed by atoms with Gasteiger partial charge in [-0.15, -0.1) is 0 Å². The molecule has 0 radical (unpaired) electrons. The van der Waals surface area contributed by atoms with Crippen LogP contribution in [0, 0.1) is 5.82 Å². The summed E-state index contributed by atoms with van der Waals surface area (Å²) in [6.07, 6.45) is -4.12. The Kier molecular flexibility index (Phi) is 5.95. The van der Waals surface area contributed by atoms with Crippen LogP contribution >= 0.6 is 0 Å². The van der Waals surface area contributed by atoms with Crippen molar-refractivity contribution < 1.29 is 27.1 Å². The van der Waals surface area contributed by atoms with E-state index in [-0.39, 0.29) is 11.4 Å². The van der Waals surface area contributed by atoms with Crippen LogP contribution < -0.4 is 21.3 Å². The molecule has 0 bridgehead atoms. The summed E-state index contributed by atoms with van der Waals surface area (Å²) in [6.45, 7) is 2.19. The molecule has 7 nitrogen and oxygen atoms in total. The number of ether oxygens (including phenoxy) is 1. The molecule has 1 amide bonds. The maximum atomic E-state index is 13.4. The maximum Gasteiger partial charge on any atom is 0.419 e. The highest BCUT2D eigenvalue weighted by Gasteiger charge is 2.34. The van der Waals surface area contributed by atoms with Gasteiger partial charge in [0.05, 0.1) is 17.9 Å². The van der Waals surface area contributed by atoms with Gasteiger partial charge in [-0.25, -0.2) is 13.8 Å². The number of halogens is 4. The lowest BCUT2D eigenvalue weighted by atomic mass is 10.1. The van der Waals surface area contributed by atoms with Crippen LogP contribution in [-0.2, 0) is 6.18 Å². The quantitative estimate of drug-likeness (QED) is 0.599. The number of alkyl halides is 3. The Morgan fingerprint density at radius 2 is 1.81 bits per heavy atom. The molecule has 2 aromatic carbocycles. The Hall–Kier alpha value is -3.89. The number of aromatic nitrogens is 2. The van der Waals surface area contributed by atoms with Crippen molar-refractivity contribution in [3.8, 4) is 11.4 Å². The Morgan fingerprint density at radius 1 is 1.13 bits per heavy atom. The molecule has 0 unspecified atom stereocenters. The van der Waals surface area contributed by atoms with E-state index in [2.05, 4.69) is 10.3 Å². The number of anilines is 1. The zero-order valence-corrected chi connectivity index (χ0v) is 15.9. The highest BCUT2D eigenvalue weighted by atomic mass is 19.4. The van der Waals surface area contributed by atoms with E-state index in [9.17, 15) is 31.9 Å². The first kappa shape index (κ1) is 21.8. The van der Waals surface area contributed by atoms with E-state index in [0.717, 1.165) is 12.3 Å². The molecule has 1 heterocycles. The molecule has 31 heavy (non-hydrogen) atoms. The molecule has 0 aliphatic carbocycles. The summed E-state index contributed by atoms with van der Waals surface area (Å²) in [7, 11) is 0. The van der Waals surface area contributed by atoms with Crippen LogP contribution in [0.25, 0.3) is 5.69 Å². The molecule has 2 N–H and O–H groups in total. The third kappa shape index (κ3) is 4.65. The van der Waals surface area contributed by atoms with Crippen molar-refractivity contribution in [1.82, 2.24) is 9.55 Å². The van der Waals surface area contributed by atoms with Crippen molar-refractivity contribution in [3.05, 3.63) is 86.4 Å². The second-order valence-corrected chi connectivity index (χ2v) is 6.22. The van der Waals surface area contributed by atoms with Gasteiger partial charge in [0.2, 0.25) is 0 Å². The van der Waals surface area contributed by atoms with Crippen LogP contribution in [0.5, 0.6) is 5.75 Å². The molecule has 0 saturated heterocycles. The summed E-state index contributed by atoms with van der Waals surface area (Å²) in [5.41, 5.74) is -4.16. The van der Waals surface area contributed by atoms with Gasteiger partial charge in [-0.05, 0) is 49.4 Å². The number of hydrogen-bond donors (Lipinski definition) is 2. The lowest BCUT2D eigenvalue weighted by molar-refractivity contribution is -0.139. The first-order valence-corrected chi connectivity index (χ1v) is 8.88. The largest absolute Gasteiger partial charge is 0.494 e. The average molecular weight is 437 g/mol. The smallest absolute Gasteiger partial charge is 0.419 e. The topological polar surface area (TPSA) is 93.2 Å². The zero-order valence-electron chi connectivity index (χ0n) is 15.9. The van der Waals surface area contributed by atoms with Gasteiger partial charge in [-0.1, -0.05) is 0 Å². The van der Waals surface area contributed by atoms with Crippen LogP contribution in [0.3, 0.4) is 0 Å². The lowest BCUT2D eigenvalue weighted by Crippen LogP contribution is -2.38. The van der Waals surface area contributed by atoms with Crippen LogP contribution in [-0.4, -0.2) is 22.1 Å². The molecule has 3 rings (SSSR count). The molecule has 0 fully saturated rings. The van der Waals surface area contributed by atoms with E-state index in [1.54, 1.807) is 6.92 Å². The fraction of sp³-hybridized carbons (Fsp3) is 0.150. The standard InChI is InChI=1S/C20H15F4N3O4/c1-2-31-13-6-4-12(5-7-13)27-18(29)14(10-25-19(27)30)17(28)26-11-3-8-16(21)15(9-11)20(22,23)24/h3-10H,2H2,1H3,(H,25,30)(H,26,28). The molecule has 0 aliphatic rings. The molecule has 1 aromatic heterocycles. The van der Waals surface area contributed by atoms with Crippen LogP contribution in [0.1, 0.15) is 22.8 Å². The Labute approximate surface area is 171 Å². The molecule has 0 saturated carbocycles. The van der Waals surface area contributed by atoms with Gasteiger partial charge < -0.3 is 15.0 Å². The van der Waals surface area contributed by atoms with E-state index in [0.29, 0.717) is 29.1 Å². The van der Waals surface area contributed by atoms with Gasteiger partial charge in [-0.2, -0.15) is 13.2 Å². The maximum absolute atomic E-state index is 13.4. The number of amides is 1. The van der Waals surface area contributed by atoms with Crippen molar-refractivity contribution in [2.24, 2.45) is 0 Å². The Balaban J connectivity index is 1.96. The highest BCUT2D eigenvalue weighted by molar-refractivity contribution is 6.03. The van der Waals surface area contributed by atoms with Gasteiger partial charge in [0.15, 0.2) is 0 Å². The number of nitrogens with zero attached hydrogens (tertiary/aromatic N) is 1. The van der Waals surface area contributed by atoms with Crippen LogP contribution in [0.4, 0.5) is 23.2 Å². The van der Waals surface area contributed by atoms with Crippen LogP contribution in [0.15, 0.2) is 58.3 Å². The number of hydrogen-bond acceptors (Lipinski definition) is 4. The number of carbonyl (C=O) groups is 1. The van der Waals surface area contributed by atoms with E-state index >= 15 is 0 Å². The average Bonchev–Trinajstić information content (AvgIpc) is 2.70. The fourth-order valence-electron chi connectivity index (χ4n) is 2.75. The predicted molar refractivity (Wildman–Crippen MR) is 103 cm³/mol. The van der Waals surface area contributed by atoms with E-state index in [1.807, 2.05) is 0 Å². The van der Waals surface area contributed by atoms with Crippen molar-refractivity contribution >= 4 is 11.6 Å². The number of nitrogens with one attached hydrogen (secondary N) is 2. The summed E-state index contributed by atoms with van der Waals surface area (Å²) < 4.78 is 58.0. The molecule has 0 aliphatic heterocycles. The minimum atomic E-state index is -4.97. The molecule has 11 heteroatoms. The highest BCUT2D eigenvalue weighted by Crippen LogP contribution is 2.33. The zero-order chi connectivity index (χ0) is 22.8. The van der Waals surface area contributed by atoms with Crippen molar-refractivity contribution in [1.29, 1.82) is 0 Å². The Bertz CT molecular complexity index is 1230. The fourth-order valence-corrected chi connectivity index (χ4v) is 2.75. The van der Waals surface area contributed by atoms with Crippen LogP contribution in [0.2, 0.25) is 0 Å². The monoisotopic (exact) mass is 437 g/mol. The minimum absolute atomic E-state index is 0.144. The predicted octanol–water partition coefficient (Wildman–Crippen LogP) is 3.33. The summed E-state index contributed by atoms with van der Waals surface area (Å²) in [4.78, 5) is 39.6. The number of rotatable bonds is 5. The summed E-state index contributed by atoms with van der Waals surface area (Å²) >= 11 is 0. The summed E-state index contributed by atoms with van der Waals surface area (Å²) in [6, 6.07) is 7.77. The molecule has 0 spiro atoms. The first-order chi connectivity index (χ1) is 14.6. The molecule has 0 atom stereocenters. The van der Waals surface area contributed by atoms with Crippen molar-refractivity contribution in [3.63, 3.8) is 0 Å². The van der Waals surface area contributed by atoms with Gasteiger partial charge in [0.1, 0.15) is 17.1 Å². The molecule has 162 valence electrons. The van der Waals surface area contributed by atoms with E-state index in [1.165, 1.54) is 24.3 Å². The number of H-pyrrole nitrogens is 1. The third-order valence-electron chi connectivity index (χ3n) is 4.16. The van der Waals surface area contributed by atoms with E-state index in [4.69, 9.17) is 4.74 Å². The normalized spacial score (nSPS) is 11.3. The van der Waals surface area contributed by atoms with Gasteiger partial charge in [0.25, 0.3) is 11.5 Å². The minimum Gasteiger partial charge on any atom is -0.494 e. The summed E-state index contributed by atoms with van der Waals surface area (Å²) in [5, 5.41) is 2.10. The molecule has 3 aromatic rings. The Morgan fingerprint density at radius 3 is 2.42 bits per heavy atom. The van der Waals surface area contributed by atoms with E-state index < -0.39 is 40.3 Å². The van der Waals surface area contributed by atoms with Gasteiger partial charge >= 0.3 is 11.9 Å². The number of benzene rings is 2. The lowest BCUT2D eigenvalue weighted by Gasteiger charge is -2.11. The van der Waals surface area contributed by atoms with Gasteiger partial charge in [0, 0.05) is 11.9 Å². The molecular weight excluding hydrogens is 422 g/mol. The second-order valence-electron chi connectivity index (χ2n) is 6.22. The van der Waals surface area contributed by atoms with Crippen molar-refractivity contribution in [2.45, 2.75) is 13.1 Å². The summed E-state index contributed by atoms with van der Waals surface area (Å²) in [5.74, 6) is -2.09. The number of aromatic amines is 1. The third-order valence-corrected chi connectivity index (χ3v) is 4.16. The van der Waals surface area contributed by atoms with Crippen molar-refractivity contribution in [2.75, 3.05) is 11.9 Å². The van der Waals surface area contributed by atoms with Gasteiger partial charge in [-0.3, -0.25) is 9.59 Å².